The van der Waals surface area contributed by atoms with Crippen molar-refractivity contribution < 1.29 is 13.9 Å². The summed E-state index contributed by atoms with van der Waals surface area (Å²) in [6.45, 7) is 5.04. The molecule has 2 saturated heterocycles. The molecule has 1 amide bonds. The van der Waals surface area contributed by atoms with Crippen LogP contribution in [-0.4, -0.2) is 67.2 Å². The molecule has 37 heavy (non-hydrogen) atoms. The zero-order chi connectivity index (χ0) is 25.6. The van der Waals surface area contributed by atoms with E-state index in [1.165, 1.54) is 6.07 Å². The van der Waals surface area contributed by atoms with Crippen molar-refractivity contribution in [1.82, 2.24) is 14.9 Å². The summed E-state index contributed by atoms with van der Waals surface area (Å²) in [6.07, 6.45) is 2.18. The van der Waals surface area contributed by atoms with Crippen molar-refractivity contribution in [3.05, 3.63) is 77.2 Å². The third kappa shape index (κ3) is 6.22. The number of ether oxygens (including phenoxy) is 1. The van der Waals surface area contributed by atoms with Crippen LogP contribution >= 0.6 is 11.8 Å². The summed E-state index contributed by atoms with van der Waals surface area (Å²) < 4.78 is 19.6. The molecule has 2 aliphatic heterocycles. The summed E-state index contributed by atoms with van der Waals surface area (Å²) in [7, 11) is 1.66. The lowest BCUT2D eigenvalue weighted by atomic mass is 10.1. The Kier molecular flexibility index (Phi) is 8.21. The van der Waals surface area contributed by atoms with Crippen LogP contribution in [0.2, 0.25) is 0 Å². The fourth-order valence-electron chi connectivity index (χ4n) is 4.79. The van der Waals surface area contributed by atoms with Gasteiger partial charge < -0.3 is 19.4 Å². The molecule has 3 aromatic rings. The number of methoxy groups -OCH3 is 1. The SMILES string of the molecule is COCc1cc(N2CCN(c3ccccc3F)CC2)nc(SCc2ccc(C(=O)N3CCCC3)cc2)n1. The first kappa shape index (κ1) is 25.5. The molecule has 0 aliphatic carbocycles. The van der Waals surface area contributed by atoms with Gasteiger partial charge >= 0.3 is 0 Å². The van der Waals surface area contributed by atoms with Gasteiger partial charge in [0.15, 0.2) is 5.16 Å². The van der Waals surface area contributed by atoms with Gasteiger partial charge in [0, 0.05) is 63.8 Å². The molecule has 7 nitrogen and oxygen atoms in total. The highest BCUT2D eigenvalue weighted by atomic mass is 32.2. The molecular weight excluding hydrogens is 489 g/mol. The van der Waals surface area contributed by atoms with Crippen LogP contribution in [0.3, 0.4) is 0 Å². The standard InChI is InChI=1S/C28H32FN5O2S/c1-36-19-23-18-26(33-16-14-32(15-17-33)25-7-3-2-6-24(25)29)31-28(30-23)37-20-21-8-10-22(11-9-21)27(35)34-12-4-5-13-34/h2-3,6-11,18H,4-5,12-17,19-20H2,1H3. The summed E-state index contributed by atoms with van der Waals surface area (Å²) in [4.78, 5) is 28.4. The van der Waals surface area contributed by atoms with Crippen molar-refractivity contribution in [2.75, 3.05) is 56.2 Å². The van der Waals surface area contributed by atoms with Crippen LogP contribution in [-0.2, 0) is 17.1 Å². The Labute approximate surface area is 221 Å². The Hall–Kier alpha value is -3.17. The maximum atomic E-state index is 14.2. The van der Waals surface area contributed by atoms with Gasteiger partial charge in [-0.15, -0.1) is 0 Å². The molecule has 9 heteroatoms. The molecule has 0 N–H and O–H groups in total. The highest BCUT2D eigenvalue weighted by molar-refractivity contribution is 7.98. The Morgan fingerprint density at radius 1 is 0.946 bits per heavy atom. The van der Waals surface area contributed by atoms with Gasteiger partial charge in [-0.2, -0.15) is 0 Å². The van der Waals surface area contributed by atoms with Crippen LogP contribution in [0.4, 0.5) is 15.9 Å². The topological polar surface area (TPSA) is 61.8 Å². The van der Waals surface area contributed by atoms with Crippen molar-refractivity contribution in [2.45, 2.75) is 30.4 Å². The van der Waals surface area contributed by atoms with Gasteiger partial charge in [0.2, 0.25) is 0 Å². The monoisotopic (exact) mass is 521 g/mol. The van der Waals surface area contributed by atoms with E-state index in [-0.39, 0.29) is 11.7 Å². The Morgan fingerprint density at radius 3 is 2.35 bits per heavy atom. The molecule has 0 bridgehead atoms. The van der Waals surface area contributed by atoms with Crippen LogP contribution in [0.1, 0.15) is 34.5 Å². The van der Waals surface area contributed by atoms with Gasteiger partial charge in [0.1, 0.15) is 11.6 Å². The van der Waals surface area contributed by atoms with Crippen LogP contribution in [0, 0.1) is 5.82 Å². The largest absolute Gasteiger partial charge is 0.378 e. The maximum absolute atomic E-state index is 14.2. The normalized spacial score (nSPS) is 15.9. The molecule has 0 unspecified atom stereocenters. The summed E-state index contributed by atoms with van der Waals surface area (Å²) in [5, 5.41) is 0.693. The molecule has 0 radical (unpaired) electrons. The second kappa shape index (κ2) is 11.9. The number of nitrogens with zero attached hydrogens (tertiary/aromatic N) is 5. The van der Waals surface area contributed by atoms with Crippen LogP contribution in [0.25, 0.3) is 0 Å². The Balaban J connectivity index is 1.23. The first-order chi connectivity index (χ1) is 18.1. The van der Waals surface area contributed by atoms with Gasteiger partial charge in [0.25, 0.3) is 5.91 Å². The molecule has 0 atom stereocenters. The van der Waals surface area contributed by atoms with Crippen LogP contribution in [0.15, 0.2) is 59.8 Å². The lowest BCUT2D eigenvalue weighted by Crippen LogP contribution is -2.47. The zero-order valence-electron chi connectivity index (χ0n) is 21.1. The molecule has 0 spiro atoms. The van der Waals surface area contributed by atoms with Crippen LogP contribution < -0.4 is 9.80 Å². The van der Waals surface area contributed by atoms with Gasteiger partial charge in [-0.25, -0.2) is 14.4 Å². The smallest absolute Gasteiger partial charge is 0.253 e. The van der Waals surface area contributed by atoms with Gasteiger partial charge in [-0.3, -0.25) is 4.79 Å². The van der Waals surface area contributed by atoms with Gasteiger partial charge in [0.05, 0.1) is 18.0 Å². The number of likely N-dealkylation sites (tertiary alicyclic amines) is 1. The van der Waals surface area contributed by atoms with E-state index in [0.717, 1.165) is 74.7 Å². The number of amides is 1. The van der Waals surface area contributed by atoms with Crippen molar-refractivity contribution in [3.63, 3.8) is 0 Å². The van der Waals surface area contributed by atoms with E-state index in [0.29, 0.717) is 23.2 Å². The van der Waals surface area contributed by atoms with E-state index in [2.05, 4.69) is 14.8 Å². The summed E-state index contributed by atoms with van der Waals surface area (Å²) in [5.74, 6) is 1.50. The first-order valence-corrected chi connectivity index (χ1v) is 13.7. The quantitative estimate of drug-likeness (QED) is 0.317. The maximum Gasteiger partial charge on any atom is 0.253 e. The fraction of sp³-hybridized carbons (Fsp3) is 0.393. The molecule has 194 valence electrons. The molecule has 1 aromatic heterocycles. The lowest BCUT2D eigenvalue weighted by molar-refractivity contribution is 0.0793. The molecule has 3 heterocycles. The van der Waals surface area contributed by atoms with Crippen LogP contribution in [0.5, 0.6) is 0 Å². The lowest BCUT2D eigenvalue weighted by Gasteiger charge is -2.37. The molecule has 0 saturated carbocycles. The Morgan fingerprint density at radius 2 is 1.65 bits per heavy atom. The van der Waals surface area contributed by atoms with E-state index in [9.17, 15) is 9.18 Å². The second-order valence-electron chi connectivity index (χ2n) is 9.34. The molecule has 2 aromatic carbocycles. The molecule has 2 aliphatic rings. The summed E-state index contributed by atoms with van der Waals surface area (Å²) >= 11 is 1.57. The molecular formula is C28H32FN5O2S. The van der Waals surface area contributed by atoms with E-state index < -0.39 is 0 Å². The number of rotatable bonds is 8. The van der Waals surface area contributed by atoms with E-state index in [1.54, 1.807) is 24.9 Å². The zero-order valence-corrected chi connectivity index (χ0v) is 21.9. The van der Waals surface area contributed by atoms with Crippen molar-refractivity contribution >= 4 is 29.2 Å². The molecule has 2 fully saturated rings. The minimum absolute atomic E-state index is 0.118. The number of piperazine rings is 1. The van der Waals surface area contributed by atoms with Gasteiger partial charge in [-0.1, -0.05) is 36.0 Å². The average molecular weight is 522 g/mol. The number of halogens is 1. The number of carbonyl (C=O) groups is 1. The van der Waals surface area contributed by atoms with E-state index in [1.807, 2.05) is 47.4 Å². The summed E-state index contributed by atoms with van der Waals surface area (Å²) in [5.41, 5.74) is 3.34. The summed E-state index contributed by atoms with van der Waals surface area (Å²) in [6, 6.07) is 16.8. The van der Waals surface area contributed by atoms with Gasteiger partial charge in [-0.05, 0) is 42.7 Å². The Bertz CT molecular complexity index is 1210. The number of anilines is 2. The van der Waals surface area contributed by atoms with Crippen molar-refractivity contribution in [3.8, 4) is 0 Å². The second-order valence-corrected chi connectivity index (χ2v) is 10.3. The number of thioether (sulfide) groups is 1. The predicted octanol–water partition coefficient (Wildman–Crippen LogP) is 4.62. The third-order valence-corrected chi connectivity index (χ3v) is 7.71. The highest BCUT2D eigenvalue weighted by Gasteiger charge is 2.22. The number of para-hydroxylation sites is 1. The average Bonchev–Trinajstić information content (AvgIpc) is 3.48. The fourth-order valence-corrected chi connectivity index (χ4v) is 5.61. The van der Waals surface area contributed by atoms with Crippen molar-refractivity contribution in [2.24, 2.45) is 0 Å². The third-order valence-electron chi connectivity index (χ3n) is 6.80. The minimum atomic E-state index is -0.188. The van der Waals surface area contributed by atoms with E-state index in [4.69, 9.17) is 9.72 Å². The number of aromatic nitrogens is 2. The number of hydrogen-bond acceptors (Lipinski definition) is 7. The predicted molar refractivity (Wildman–Crippen MR) is 145 cm³/mol. The van der Waals surface area contributed by atoms with Crippen molar-refractivity contribution in [1.29, 1.82) is 0 Å². The molecule has 5 rings (SSSR count). The minimum Gasteiger partial charge on any atom is -0.378 e. The van der Waals surface area contributed by atoms with E-state index >= 15 is 0 Å². The first-order valence-electron chi connectivity index (χ1n) is 12.7. The number of hydrogen-bond donors (Lipinski definition) is 0. The number of carbonyl (C=O) groups excluding carboxylic acids is 1. The highest BCUT2D eigenvalue weighted by Crippen LogP contribution is 2.26. The number of benzene rings is 2.